The maximum absolute atomic E-state index is 13.1. The van der Waals surface area contributed by atoms with E-state index in [1.165, 1.54) is 10.1 Å². The normalized spacial score (nSPS) is 11.5. The van der Waals surface area contributed by atoms with Gasteiger partial charge in [-0.3, -0.25) is 9.59 Å². The number of hydrogen-bond donors (Lipinski definition) is 1. The molecule has 4 rings (SSSR count). The van der Waals surface area contributed by atoms with Crippen LogP contribution in [-0.4, -0.2) is 15.0 Å². The topological polar surface area (TPSA) is 56.0 Å². The average Bonchev–Trinajstić information content (AvgIpc) is 2.98. The molecule has 5 nitrogen and oxygen atoms in total. The minimum Gasteiger partial charge on any atom is -0.339 e. The van der Waals surface area contributed by atoms with Crippen molar-refractivity contribution >= 4 is 33.4 Å². The molecule has 5 heteroatoms. The Morgan fingerprint density at radius 1 is 1.00 bits per heavy atom. The van der Waals surface area contributed by atoms with Crippen LogP contribution in [0.25, 0.3) is 21.8 Å². The van der Waals surface area contributed by atoms with Gasteiger partial charge in [-0.1, -0.05) is 44.2 Å². The van der Waals surface area contributed by atoms with Crippen LogP contribution >= 0.6 is 0 Å². The Morgan fingerprint density at radius 3 is 2.36 bits per heavy atom. The maximum Gasteiger partial charge on any atom is 0.274 e. The highest BCUT2D eigenvalue weighted by atomic mass is 16.2. The van der Waals surface area contributed by atoms with Gasteiger partial charge in [0, 0.05) is 42.3 Å². The monoisotopic (exact) mass is 373 g/mol. The highest BCUT2D eigenvalue weighted by Gasteiger charge is 2.20. The molecule has 0 atom stereocenters. The number of benzene rings is 2. The Kier molecular flexibility index (Phi) is 4.30. The number of hydrogen-bond acceptors (Lipinski definition) is 2. The number of anilines is 1. The van der Waals surface area contributed by atoms with E-state index < -0.39 is 0 Å². The van der Waals surface area contributed by atoms with E-state index in [2.05, 4.69) is 19.2 Å². The number of amides is 1. The number of carbonyl (C=O) groups is 1. The van der Waals surface area contributed by atoms with Crippen LogP contribution in [0.4, 0.5) is 5.69 Å². The number of rotatable bonds is 3. The van der Waals surface area contributed by atoms with E-state index in [-0.39, 0.29) is 11.5 Å². The number of aryl methyl sites for hydroxylation is 2. The van der Waals surface area contributed by atoms with Gasteiger partial charge in [0.1, 0.15) is 5.52 Å². The van der Waals surface area contributed by atoms with Crippen molar-refractivity contribution in [3.8, 4) is 0 Å². The van der Waals surface area contributed by atoms with Crippen molar-refractivity contribution in [1.29, 1.82) is 0 Å². The van der Waals surface area contributed by atoms with Gasteiger partial charge in [-0.2, -0.15) is 0 Å². The van der Waals surface area contributed by atoms with Crippen LogP contribution in [0.15, 0.2) is 59.5 Å². The van der Waals surface area contributed by atoms with E-state index in [4.69, 9.17) is 0 Å². The zero-order valence-electron chi connectivity index (χ0n) is 16.5. The predicted octanol–water partition coefficient (Wildman–Crippen LogP) is 4.41. The first kappa shape index (κ1) is 18.0. The SMILES string of the molecule is CC(C)c1ccc(NC(=O)c2cn(C)c(=O)c3c2c2ccccc2n3C)cc1. The Balaban J connectivity index is 1.86. The quantitative estimate of drug-likeness (QED) is 0.578. The summed E-state index contributed by atoms with van der Waals surface area (Å²) in [4.78, 5) is 25.9. The van der Waals surface area contributed by atoms with Crippen LogP contribution in [0, 0.1) is 0 Å². The molecule has 0 aliphatic carbocycles. The van der Waals surface area contributed by atoms with Crippen molar-refractivity contribution in [2.24, 2.45) is 14.1 Å². The lowest BCUT2D eigenvalue weighted by Crippen LogP contribution is -2.22. The molecule has 0 aliphatic rings. The summed E-state index contributed by atoms with van der Waals surface area (Å²) in [6.45, 7) is 4.27. The fourth-order valence-electron chi connectivity index (χ4n) is 3.72. The molecule has 2 heterocycles. The fourth-order valence-corrected chi connectivity index (χ4v) is 3.72. The molecule has 0 fully saturated rings. The van der Waals surface area contributed by atoms with Crippen molar-refractivity contribution in [1.82, 2.24) is 9.13 Å². The molecule has 1 amide bonds. The first-order valence-electron chi connectivity index (χ1n) is 9.36. The highest BCUT2D eigenvalue weighted by molar-refractivity contribution is 6.20. The number of nitrogens with one attached hydrogen (secondary N) is 1. The van der Waals surface area contributed by atoms with Crippen LogP contribution in [-0.2, 0) is 14.1 Å². The molecule has 28 heavy (non-hydrogen) atoms. The second-order valence-corrected chi connectivity index (χ2v) is 7.49. The van der Waals surface area contributed by atoms with E-state index in [1.807, 2.05) is 60.1 Å². The van der Waals surface area contributed by atoms with E-state index in [0.717, 1.165) is 16.6 Å². The van der Waals surface area contributed by atoms with Gasteiger partial charge in [0.2, 0.25) is 0 Å². The Labute approximate surface area is 163 Å². The average molecular weight is 373 g/mol. The van der Waals surface area contributed by atoms with Crippen molar-refractivity contribution in [2.45, 2.75) is 19.8 Å². The van der Waals surface area contributed by atoms with Gasteiger partial charge in [0.15, 0.2) is 0 Å². The molecule has 2 aromatic heterocycles. The molecule has 4 aromatic rings. The van der Waals surface area contributed by atoms with E-state index >= 15 is 0 Å². The molecule has 0 saturated heterocycles. The number of carbonyl (C=O) groups excluding carboxylic acids is 1. The summed E-state index contributed by atoms with van der Waals surface area (Å²) in [6, 6.07) is 15.6. The van der Waals surface area contributed by atoms with Crippen LogP contribution in [0.2, 0.25) is 0 Å². The largest absolute Gasteiger partial charge is 0.339 e. The Hall–Kier alpha value is -3.34. The molecule has 142 valence electrons. The molecule has 2 aromatic carbocycles. The first-order valence-corrected chi connectivity index (χ1v) is 9.36. The van der Waals surface area contributed by atoms with Crippen molar-refractivity contribution in [3.05, 3.63) is 76.2 Å². The Bertz CT molecular complexity index is 1260. The molecule has 0 unspecified atom stereocenters. The third-order valence-corrected chi connectivity index (χ3v) is 5.30. The van der Waals surface area contributed by atoms with Crippen LogP contribution in [0.3, 0.4) is 0 Å². The smallest absolute Gasteiger partial charge is 0.274 e. The fraction of sp³-hybridized carbons (Fsp3) is 0.217. The van der Waals surface area contributed by atoms with Gasteiger partial charge in [-0.05, 0) is 29.7 Å². The molecule has 0 spiro atoms. The lowest BCUT2D eigenvalue weighted by atomic mass is 10.0. The summed E-state index contributed by atoms with van der Waals surface area (Å²) in [5, 5.41) is 4.57. The predicted molar refractivity (Wildman–Crippen MR) is 114 cm³/mol. The standard InChI is InChI=1S/C23H23N3O2/c1-14(2)15-9-11-16(12-10-15)24-22(27)18-13-25(3)23(28)21-20(18)17-7-5-6-8-19(17)26(21)4/h5-14H,1-4H3,(H,24,27). The second-order valence-electron chi connectivity index (χ2n) is 7.49. The molecule has 0 bridgehead atoms. The van der Waals surface area contributed by atoms with E-state index in [1.54, 1.807) is 13.2 Å². The summed E-state index contributed by atoms with van der Waals surface area (Å²) in [5.41, 5.74) is 3.78. The second kappa shape index (κ2) is 6.68. The summed E-state index contributed by atoms with van der Waals surface area (Å²) in [7, 11) is 3.53. The number of nitrogens with zero attached hydrogens (tertiary/aromatic N) is 2. The molecular formula is C23H23N3O2. The van der Waals surface area contributed by atoms with Crippen molar-refractivity contribution in [2.75, 3.05) is 5.32 Å². The zero-order chi connectivity index (χ0) is 20.0. The number of para-hydroxylation sites is 1. The van der Waals surface area contributed by atoms with Crippen molar-refractivity contribution in [3.63, 3.8) is 0 Å². The number of aromatic nitrogens is 2. The van der Waals surface area contributed by atoms with E-state index in [9.17, 15) is 9.59 Å². The minimum absolute atomic E-state index is 0.119. The van der Waals surface area contributed by atoms with Crippen molar-refractivity contribution < 1.29 is 4.79 Å². The number of fused-ring (bicyclic) bond motifs is 3. The van der Waals surface area contributed by atoms with Gasteiger partial charge in [-0.25, -0.2) is 0 Å². The van der Waals surface area contributed by atoms with E-state index in [0.29, 0.717) is 22.4 Å². The minimum atomic E-state index is -0.228. The number of pyridine rings is 1. The van der Waals surface area contributed by atoms with Gasteiger partial charge < -0.3 is 14.5 Å². The molecule has 0 aliphatic heterocycles. The molecule has 0 radical (unpaired) electrons. The lowest BCUT2D eigenvalue weighted by molar-refractivity contribution is 0.102. The van der Waals surface area contributed by atoms with Crippen LogP contribution in [0.5, 0.6) is 0 Å². The van der Waals surface area contributed by atoms with Crippen LogP contribution < -0.4 is 10.9 Å². The van der Waals surface area contributed by atoms with Crippen LogP contribution in [0.1, 0.15) is 35.7 Å². The first-order chi connectivity index (χ1) is 13.4. The Morgan fingerprint density at radius 2 is 1.68 bits per heavy atom. The molecular weight excluding hydrogens is 350 g/mol. The third kappa shape index (κ3) is 2.80. The third-order valence-electron chi connectivity index (χ3n) is 5.30. The summed E-state index contributed by atoms with van der Waals surface area (Å²) < 4.78 is 3.33. The lowest BCUT2D eigenvalue weighted by Gasteiger charge is -2.10. The summed E-state index contributed by atoms with van der Waals surface area (Å²) >= 11 is 0. The highest BCUT2D eigenvalue weighted by Crippen LogP contribution is 2.29. The van der Waals surface area contributed by atoms with Gasteiger partial charge in [-0.15, -0.1) is 0 Å². The summed E-state index contributed by atoms with van der Waals surface area (Å²) in [6.07, 6.45) is 1.62. The molecule has 0 saturated carbocycles. The maximum atomic E-state index is 13.1. The van der Waals surface area contributed by atoms with Gasteiger partial charge in [0.25, 0.3) is 11.5 Å². The summed E-state index contributed by atoms with van der Waals surface area (Å²) in [5.74, 6) is 0.206. The molecule has 1 N–H and O–H groups in total. The van der Waals surface area contributed by atoms with Gasteiger partial charge in [0.05, 0.1) is 5.56 Å². The van der Waals surface area contributed by atoms with Gasteiger partial charge >= 0.3 is 0 Å². The zero-order valence-corrected chi connectivity index (χ0v) is 16.5.